The Kier molecular flexibility index (Phi) is 5.99. The normalized spacial score (nSPS) is 11.9. The van der Waals surface area contributed by atoms with Gasteiger partial charge in [0, 0.05) is 6.07 Å². The van der Waals surface area contributed by atoms with Crippen LogP contribution in [0.3, 0.4) is 0 Å². The first-order valence-electron chi connectivity index (χ1n) is 9.72. The quantitative estimate of drug-likeness (QED) is 0.449. The summed E-state index contributed by atoms with van der Waals surface area (Å²) >= 11 is 1.42. The van der Waals surface area contributed by atoms with Crippen molar-refractivity contribution in [1.82, 2.24) is 14.9 Å². The number of rotatable bonds is 8. The minimum absolute atomic E-state index is 0.0938. The molecular weight excluding hydrogens is 398 g/mol. The van der Waals surface area contributed by atoms with E-state index in [0.29, 0.717) is 18.0 Å². The highest BCUT2D eigenvalue weighted by atomic mass is 32.1. The molecule has 154 valence electrons. The van der Waals surface area contributed by atoms with Crippen LogP contribution in [0.15, 0.2) is 66.0 Å². The van der Waals surface area contributed by atoms with E-state index in [0.717, 1.165) is 28.4 Å². The van der Waals surface area contributed by atoms with Crippen molar-refractivity contribution >= 4 is 28.3 Å². The fraction of sp³-hybridized carbons (Fsp3) is 0.217. The van der Waals surface area contributed by atoms with E-state index in [-0.39, 0.29) is 11.9 Å². The van der Waals surface area contributed by atoms with Gasteiger partial charge in [-0.2, -0.15) is 0 Å². The number of imidazole rings is 1. The summed E-state index contributed by atoms with van der Waals surface area (Å²) in [7, 11) is 1.63. The van der Waals surface area contributed by atoms with Crippen LogP contribution >= 0.6 is 11.3 Å². The monoisotopic (exact) mass is 421 g/mol. The number of carbonyl (C=O) groups is 1. The van der Waals surface area contributed by atoms with Crippen LogP contribution in [0.25, 0.3) is 11.0 Å². The Hall–Kier alpha value is -3.32. The van der Waals surface area contributed by atoms with Gasteiger partial charge in [-0.15, -0.1) is 11.3 Å². The second kappa shape index (κ2) is 9.00. The molecule has 1 atom stereocenters. The third-order valence-corrected chi connectivity index (χ3v) is 5.66. The van der Waals surface area contributed by atoms with Crippen LogP contribution in [0.4, 0.5) is 0 Å². The van der Waals surface area contributed by atoms with Crippen LogP contribution in [-0.2, 0) is 6.54 Å². The van der Waals surface area contributed by atoms with Gasteiger partial charge in [-0.1, -0.05) is 24.3 Å². The van der Waals surface area contributed by atoms with E-state index in [2.05, 4.69) is 9.88 Å². The van der Waals surface area contributed by atoms with E-state index in [4.69, 9.17) is 14.5 Å². The van der Waals surface area contributed by atoms with Crippen molar-refractivity contribution in [1.29, 1.82) is 0 Å². The van der Waals surface area contributed by atoms with Crippen LogP contribution in [-0.4, -0.2) is 29.2 Å². The van der Waals surface area contributed by atoms with E-state index in [1.54, 1.807) is 7.11 Å². The number of benzene rings is 2. The van der Waals surface area contributed by atoms with Crippen molar-refractivity contribution < 1.29 is 14.3 Å². The molecule has 7 heteroatoms. The molecule has 6 nitrogen and oxygen atoms in total. The Morgan fingerprint density at radius 3 is 2.77 bits per heavy atom. The average Bonchev–Trinajstić information content (AvgIpc) is 3.43. The number of thiophene rings is 1. The second-order valence-electron chi connectivity index (χ2n) is 6.81. The Balaban J connectivity index is 1.53. The first kappa shape index (κ1) is 20.0. The maximum atomic E-state index is 12.5. The molecule has 0 saturated heterocycles. The van der Waals surface area contributed by atoms with Crippen molar-refractivity contribution in [3.63, 3.8) is 0 Å². The number of para-hydroxylation sites is 2. The number of aromatic nitrogens is 2. The van der Waals surface area contributed by atoms with Crippen molar-refractivity contribution in [2.75, 3.05) is 13.7 Å². The van der Waals surface area contributed by atoms with Gasteiger partial charge in [0.1, 0.15) is 23.9 Å². The molecule has 2 aromatic heterocycles. The van der Waals surface area contributed by atoms with Gasteiger partial charge in [-0.3, -0.25) is 4.79 Å². The fourth-order valence-electron chi connectivity index (χ4n) is 3.35. The standard InChI is InChI=1S/C23H23N3O3S/c1-16(24-23(27)21-11-6-14-30-21)22-25-19-9-3-4-10-20(19)26(22)12-13-29-18-8-5-7-17(15-18)28-2/h3-11,14-16H,12-13H2,1-2H3,(H,24,27). The van der Waals surface area contributed by atoms with E-state index < -0.39 is 0 Å². The zero-order valence-electron chi connectivity index (χ0n) is 16.9. The lowest BCUT2D eigenvalue weighted by Gasteiger charge is -2.16. The summed E-state index contributed by atoms with van der Waals surface area (Å²) in [6.45, 7) is 3.02. The number of methoxy groups -OCH3 is 1. The van der Waals surface area contributed by atoms with Crippen LogP contribution in [0.2, 0.25) is 0 Å². The van der Waals surface area contributed by atoms with Gasteiger partial charge in [0.25, 0.3) is 5.91 Å². The summed E-state index contributed by atoms with van der Waals surface area (Å²) in [5.74, 6) is 2.21. The number of fused-ring (bicyclic) bond motifs is 1. The highest BCUT2D eigenvalue weighted by Gasteiger charge is 2.19. The minimum atomic E-state index is -0.246. The van der Waals surface area contributed by atoms with Gasteiger partial charge in [0.05, 0.1) is 35.6 Å². The van der Waals surface area contributed by atoms with E-state index in [1.165, 1.54) is 11.3 Å². The van der Waals surface area contributed by atoms with Gasteiger partial charge in [0.2, 0.25) is 0 Å². The third kappa shape index (κ3) is 4.31. The fourth-order valence-corrected chi connectivity index (χ4v) is 3.97. The van der Waals surface area contributed by atoms with Gasteiger partial charge < -0.3 is 19.4 Å². The topological polar surface area (TPSA) is 65.4 Å². The smallest absolute Gasteiger partial charge is 0.261 e. The lowest BCUT2D eigenvalue weighted by molar-refractivity contribution is 0.0941. The highest BCUT2D eigenvalue weighted by Crippen LogP contribution is 2.23. The van der Waals surface area contributed by atoms with E-state index in [1.807, 2.05) is 73.0 Å². The Morgan fingerprint density at radius 2 is 1.97 bits per heavy atom. The molecule has 0 bridgehead atoms. The maximum Gasteiger partial charge on any atom is 0.261 e. The van der Waals surface area contributed by atoms with Crippen molar-refractivity contribution in [3.05, 3.63) is 76.7 Å². The SMILES string of the molecule is COc1cccc(OCCn2c(C(C)NC(=O)c3cccs3)nc3ccccc32)c1. The third-order valence-electron chi connectivity index (χ3n) is 4.79. The molecule has 4 aromatic rings. The highest BCUT2D eigenvalue weighted by molar-refractivity contribution is 7.12. The number of carbonyl (C=O) groups excluding carboxylic acids is 1. The van der Waals surface area contributed by atoms with Gasteiger partial charge in [-0.25, -0.2) is 4.98 Å². The molecule has 2 aromatic carbocycles. The Labute approximate surface area is 179 Å². The van der Waals surface area contributed by atoms with Crippen molar-refractivity contribution in [2.24, 2.45) is 0 Å². The molecule has 30 heavy (non-hydrogen) atoms. The molecule has 0 spiro atoms. The lowest BCUT2D eigenvalue weighted by atomic mass is 10.3. The summed E-state index contributed by atoms with van der Waals surface area (Å²) in [5, 5.41) is 4.95. The number of nitrogens with zero attached hydrogens (tertiary/aromatic N) is 2. The molecule has 1 amide bonds. The predicted octanol–water partition coefficient (Wildman–Crippen LogP) is 4.68. The van der Waals surface area contributed by atoms with Crippen LogP contribution in [0.1, 0.15) is 28.5 Å². The molecule has 0 radical (unpaired) electrons. The molecule has 1 N–H and O–H groups in total. The molecule has 0 aliphatic carbocycles. The minimum Gasteiger partial charge on any atom is -0.497 e. The molecule has 0 fully saturated rings. The summed E-state index contributed by atoms with van der Waals surface area (Å²) in [6, 6.07) is 18.9. The molecule has 2 heterocycles. The first-order valence-corrected chi connectivity index (χ1v) is 10.6. The largest absolute Gasteiger partial charge is 0.497 e. The number of amides is 1. The summed E-state index contributed by atoms with van der Waals surface area (Å²) in [6.07, 6.45) is 0. The van der Waals surface area contributed by atoms with E-state index in [9.17, 15) is 4.79 Å². The Bertz CT molecular complexity index is 1140. The summed E-state index contributed by atoms with van der Waals surface area (Å²) in [4.78, 5) is 18.0. The average molecular weight is 422 g/mol. The lowest BCUT2D eigenvalue weighted by Crippen LogP contribution is -2.28. The zero-order valence-corrected chi connectivity index (χ0v) is 17.7. The molecule has 0 saturated carbocycles. The molecule has 0 aliphatic rings. The number of nitrogens with one attached hydrogen (secondary N) is 1. The van der Waals surface area contributed by atoms with Gasteiger partial charge in [0.15, 0.2) is 0 Å². The van der Waals surface area contributed by atoms with Crippen molar-refractivity contribution in [3.8, 4) is 11.5 Å². The van der Waals surface area contributed by atoms with Crippen molar-refractivity contribution in [2.45, 2.75) is 19.5 Å². The van der Waals surface area contributed by atoms with Gasteiger partial charge >= 0.3 is 0 Å². The molecule has 0 aliphatic heterocycles. The Morgan fingerprint density at radius 1 is 1.13 bits per heavy atom. The summed E-state index contributed by atoms with van der Waals surface area (Å²) < 4.78 is 13.3. The van der Waals surface area contributed by atoms with Crippen LogP contribution in [0.5, 0.6) is 11.5 Å². The van der Waals surface area contributed by atoms with E-state index >= 15 is 0 Å². The molecule has 4 rings (SSSR count). The van der Waals surface area contributed by atoms with Crippen LogP contribution in [0, 0.1) is 0 Å². The molecule has 1 unspecified atom stereocenters. The number of ether oxygens (including phenoxy) is 2. The van der Waals surface area contributed by atoms with Crippen LogP contribution < -0.4 is 14.8 Å². The maximum absolute atomic E-state index is 12.5. The predicted molar refractivity (Wildman–Crippen MR) is 118 cm³/mol. The number of hydrogen-bond donors (Lipinski definition) is 1. The number of hydrogen-bond acceptors (Lipinski definition) is 5. The molecular formula is C23H23N3O3S. The summed E-state index contributed by atoms with van der Waals surface area (Å²) in [5.41, 5.74) is 1.91. The first-order chi connectivity index (χ1) is 14.7. The second-order valence-corrected chi connectivity index (χ2v) is 7.76. The zero-order chi connectivity index (χ0) is 20.9. The van der Waals surface area contributed by atoms with Gasteiger partial charge in [-0.05, 0) is 42.6 Å².